The van der Waals surface area contributed by atoms with Crippen LogP contribution in [0.4, 0.5) is 5.69 Å². The van der Waals surface area contributed by atoms with Crippen molar-refractivity contribution in [3.8, 4) is 0 Å². The van der Waals surface area contributed by atoms with Gasteiger partial charge < -0.3 is 16.6 Å². The minimum atomic E-state index is -0.192. The fraction of sp³-hybridized carbons (Fsp3) is 0.333. The first-order valence-corrected chi connectivity index (χ1v) is 4.86. The van der Waals surface area contributed by atoms with Crippen molar-refractivity contribution < 1.29 is 5.11 Å². The van der Waals surface area contributed by atoms with Gasteiger partial charge in [-0.05, 0) is 30.2 Å². The fourth-order valence-electron chi connectivity index (χ4n) is 1.16. The third kappa shape index (κ3) is 2.69. The van der Waals surface area contributed by atoms with Crippen LogP contribution in [0.1, 0.15) is 18.0 Å². The summed E-state index contributed by atoms with van der Waals surface area (Å²) in [5.41, 5.74) is 13.1. The van der Waals surface area contributed by atoms with Gasteiger partial charge in [0.2, 0.25) is 0 Å². The molecule has 0 saturated heterocycles. The van der Waals surface area contributed by atoms with Crippen LogP contribution in [0.15, 0.2) is 22.7 Å². The summed E-state index contributed by atoms with van der Waals surface area (Å²) < 4.78 is 0.949. The molecule has 5 N–H and O–H groups in total. The molecule has 0 heterocycles. The molecule has 0 aliphatic carbocycles. The van der Waals surface area contributed by atoms with Crippen LogP contribution in [0.2, 0.25) is 0 Å². The van der Waals surface area contributed by atoms with Crippen LogP contribution in [-0.2, 0) is 0 Å². The van der Waals surface area contributed by atoms with E-state index >= 15 is 0 Å². The molecule has 1 aromatic rings. The van der Waals surface area contributed by atoms with E-state index < -0.39 is 0 Å². The lowest BCUT2D eigenvalue weighted by Gasteiger charge is -2.13. The van der Waals surface area contributed by atoms with Gasteiger partial charge in [-0.2, -0.15) is 0 Å². The maximum absolute atomic E-state index is 8.73. The van der Waals surface area contributed by atoms with E-state index in [1.54, 1.807) is 6.07 Å². The predicted octanol–water partition coefficient (Wildman–Crippen LogP) is 1.41. The minimum absolute atomic E-state index is 0.0765. The number of nitrogen functional groups attached to an aromatic ring is 1. The highest BCUT2D eigenvalue weighted by Gasteiger charge is 2.08. The molecule has 0 radical (unpaired) electrons. The number of rotatable bonds is 3. The number of aliphatic hydroxyl groups excluding tert-OH is 1. The summed E-state index contributed by atoms with van der Waals surface area (Å²) >= 11 is 3.34. The van der Waals surface area contributed by atoms with Gasteiger partial charge in [0.1, 0.15) is 0 Å². The Bertz CT molecular complexity index is 291. The van der Waals surface area contributed by atoms with Crippen LogP contribution in [-0.4, -0.2) is 11.7 Å². The van der Waals surface area contributed by atoms with Gasteiger partial charge in [0.15, 0.2) is 0 Å². The minimum Gasteiger partial charge on any atom is -0.398 e. The molecule has 3 nitrogen and oxygen atoms in total. The number of hydrogen-bond donors (Lipinski definition) is 3. The van der Waals surface area contributed by atoms with Crippen LogP contribution >= 0.6 is 15.9 Å². The molecule has 0 fully saturated rings. The summed E-state index contributed by atoms with van der Waals surface area (Å²) in [5, 5.41) is 8.73. The van der Waals surface area contributed by atoms with E-state index in [9.17, 15) is 0 Å². The molecular weight excluding hydrogens is 232 g/mol. The van der Waals surface area contributed by atoms with Crippen molar-refractivity contribution in [2.75, 3.05) is 12.3 Å². The SMILES string of the molecule is Nc1ccc(Br)cc1[C@@H](N)CCO. The summed E-state index contributed by atoms with van der Waals surface area (Å²) in [6.07, 6.45) is 0.528. The highest BCUT2D eigenvalue weighted by Crippen LogP contribution is 2.24. The number of hydrogen-bond acceptors (Lipinski definition) is 3. The lowest BCUT2D eigenvalue weighted by molar-refractivity contribution is 0.276. The number of nitrogens with two attached hydrogens (primary N) is 2. The molecular formula is C9H13BrN2O. The summed E-state index contributed by atoms with van der Waals surface area (Å²) in [4.78, 5) is 0. The maximum atomic E-state index is 8.73. The Morgan fingerprint density at radius 3 is 2.77 bits per heavy atom. The fourth-order valence-corrected chi connectivity index (χ4v) is 1.54. The lowest BCUT2D eigenvalue weighted by atomic mass is 10.0. The molecule has 72 valence electrons. The summed E-state index contributed by atoms with van der Waals surface area (Å²) in [5.74, 6) is 0. The Morgan fingerprint density at radius 1 is 1.46 bits per heavy atom. The normalized spacial score (nSPS) is 12.8. The molecule has 0 bridgehead atoms. The van der Waals surface area contributed by atoms with Gasteiger partial charge in [-0.15, -0.1) is 0 Å². The zero-order chi connectivity index (χ0) is 9.84. The van der Waals surface area contributed by atoms with Crippen LogP contribution in [0, 0.1) is 0 Å². The van der Waals surface area contributed by atoms with Crippen molar-refractivity contribution in [1.29, 1.82) is 0 Å². The Labute approximate surface area is 85.9 Å². The third-order valence-corrected chi connectivity index (χ3v) is 2.38. The second-order valence-corrected chi connectivity index (χ2v) is 3.81. The molecule has 1 rings (SSSR count). The average molecular weight is 245 g/mol. The van der Waals surface area contributed by atoms with E-state index in [2.05, 4.69) is 15.9 Å². The Morgan fingerprint density at radius 2 is 2.15 bits per heavy atom. The quantitative estimate of drug-likeness (QED) is 0.705. The van der Waals surface area contributed by atoms with Gasteiger partial charge >= 0.3 is 0 Å². The molecule has 1 atom stereocenters. The zero-order valence-electron chi connectivity index (χ0n) is 7.20. The van der Waals surface area contributed by atoms with Crippen molar-refractivity contribution in [3.05, 3.63) is 28.2 Å². The number of halogens is 1. The van der Waals surface area contributed by atoms with E-state index in [4.69, 9.17) is 16.6 Å². The van der Waals surface area contributed by atoms with Gasteiger partial charge in [0, 0.05) is 22.8 Å². The standard InChI is InChI=1S/C9H13BrN2O/c10-6-1-2-8(11)7(5-6)9(12)3-4-13/h1-2,5,9,13H,3-4,11-12H2/t9-/m0/s1. The van der Waals surface area contributed by atoms with Crippen molar-refractivity contribution in [2.24, 2.45) is 5.73 Å². The first-order valence-electron chi connectivity index (χ1n) is 4.06. The van der Waals surface area contributed by atoms with E-state index in [0.717, 1.165) is 10.0 Å². The smallest absolute Gasteiger partial charge is 0.0449 e. The molecule has 0 aliphatic heterocycles. The Hall–Kier alpha value is -0.580. The monoisotopic (exact) mass is 244 g/mol. The molecule has 0 spiro atoms. The lowest BCUT2D eigenvalue weighted by Crippen LogP contribution is -2.13. The van der Waals surface area contributed by atoms with E-state index in [1.165, 1.54) is 0 Å². The van der Waals surface area contributed by atoms with Gasteiger partial charge in [0.05, 0.1) is 0 Å². The highest BCUT2D eigenvalue weighted by atomic mass is 79.9. The number of aliphatic hydroxyl groups is 1. The first-order chi connectivity index (χ1) is 6.15. The molecule has 0 aromatic heterocycles. The van der Waals surface area contributed by atoms with E-state index in [0.29, 0.717) is 12.1 Å². The van der Waals surface area contributed by atoms with Crippen LogP contribution in [0.5, 0.6) is 0 Å². The Balaban J connectivity index is 2.91. The molecule has 1 aromatic carbocycles. The molecule has 0 amide bonds. The van der Waals surface area contributed by atoms with E-state index in [-0.39, 0.29) is 12.6 Å². The molecule has 0 aliphatic rings. The summed E-state index contributed by atoms with van der Waals surface area (Å²) in [7, 11) is 0. The highest BCUT2D eigenvalue weighted by molar-refractivity contribution is 9.10. The topological polar surface area (TPSA) is 72.3 Å². The number of benzene rings is 1. The van der Waals surface area contributed by atoms with Crippen molar-refractivity contribution >= 4 is 21.6 Å². The van der Waals surface area contributed by atoms with Crippen molar-refractivity contribution in [1.82, 2.24) is 0 Å². The average Bonchev–Trinajstić information content (AvgIpc) is 2.09. The second-order valence-electron chi connectivity index (χ2n) is 2.89. The first kappa shape index (κ1) is 10.5. The van der Waals surface area contributed by atoms with Crippen LogP contribution in [0.3, 0.4) is 0 Å². The van der Waals surface area contributed by atoms with Gasteiger partial charge in [-0.3, -0.25) is 0 Å². The predicted molar refractivity (Wildman–Crippen MR) is 57.2 cm³/mol. The molecule has 0 unspecified atom stereocenters. The maximum Gasteiger partial charge on any atom is 0.0449 e. The summed E-state index contributed by atoms with van der Waals surface area (Å²) in [6, 6.07) is 5.36. The van der Waals surface area contributed by atoms with Gasteiger partial charge in [-0.25, -0.2) is 0 Å². The summed E-state index contributed by atoms with van der Waals surface area (Å²) in [6.45, 7) is 0.0765. The van der Waals surface area contributed by atoms with Crippen molar-refractivity contribution in [3.63, 3.8) is 0 Å². The van der Waals surface area contributed by atoms with Gasteiger partial charge in [-0.1, -0.05) is 15.9 Å². The number of anilines is 1. The largest absolute Gasteiger partial charge is 0.398 e. The Kier molecular flexibility index (Phi) is 3.71. The third-order valence-electron chi connectivity index (χ3n) is 1.89. The molecule has 0 saturated carbocycles. The van der Waals surface area contributed by atoms with Gasteiger partial charge in [0.25, 0.3) is 0 Å². The van der Waals surface area contributed by atoms with Crippen LogP contribution < -0.4 is 11.5 Å². The molecule has 4 heteroatoms. The molecule has 13 heavy (non-hydrogen) atoms. The van der Waals surface area contributed by atoms with Crippen molar-refractivity contribution in [2.45, 2.75) is 12.5 Å². The zero-order valence-corrected chi connectivity index (χ0v) is 8.79. The van der Waals surface area contributed by atoms with E-state index in [1.807, 2.05) is 12.1 Å². The van der Waals surface area contributed by atoms with Crippen LogP contribution in [0.25, 0.3) is 0 Å². The second kappa shape index (κ2) is 4.60.